The highest BCUT2D eigenvalue weighted by atomic mass is 32.2. The molecule has 1 unspecified atom stereocenters. The zero-order chi connectivity index (χ0) is 20.6. The summed E-state index contributed by atoms with van der Waals surface area (Å²) in [6.07, 6.45) is 0.869. The molecule has 0 radical (unpaired) electrons. The average molecular weight is 407 g/mol. The lowest BCUT2D eigenvalue weighted by atomic mass is 9.73. The van der Waals surface area contributed by atoms with Crippen molar-refractivity contribution < 1.29 is 8.42 Å². The van der Waals surface area contributed by atoms with Gasteiger partial charge in [-0.15, -0.1) is 0 Å². The SMILES string of the molecule is Cc1cccc2c1NC(c1ccccc1NS(=O)(=O)c1ccccc1)CC2(C)C. The van der Waals surface area contributed by atoms with Gasteiger partial charge in [-0.1, -0.05) is 68.4 Å². The number of rotatable bonds is 4. The molecule has 3 aromatic carbocycles. The minimum atomic E-state index is -3.65. The number of fused-ring (bicyclic) bond motifs is 1. The fraction of sp³-hybridized carbons (Fsp3) is 0.250. The molecule has 0 amide bonds. The summed E-state index contributed by atoms with van der Waals surface area (Å²) in [7, 11) is -3.65. The third-order valence-corrected chi connectivity index (χ3v) is 7.05. The average Bonchev–Trinajstić information content (AvgIpc) is 2.69. The monoisotopic (exact) mass is 406 g/mol. The number of para-hydroxylation sites is 2. The molecule has 2 N–H and O–H groups in total. The van der Waals surface area contributed by atoms with Crippen molar-refractivity contribution in [2.45, 2.75) is 43.5 Å². The van der Waals surface area contributed by atoms with E-state index in [1.54, 1.807) is 30.3 Å². The van der Waals surface area contributed by atoms with Crippen molar-refractivity contribution in [3.05, 3.63) is 89.5 Å². The predicted molar refractivity (Wildman–Crippen MR) is 119 cm³/mol. The maximum atomic E-state index is 12.9. The van der Waals surface area contributed by atoms with Crippen LogP contribution in [0.15, 0.2) is 77.7 Å². The van der Waals surface area contributed by atoms with Crippen LogP contribution in [0.2, 0.25) is 0 Å². The zero-order valence-electron chi connectivity index (χ0n) is 16.9. The van der Waals surface area contributed by atoms with Crippen LogP contribution in [0.1, 0.15) is 43.0 Å². The van der Waals surface area contributed by atoms with Gasteiger partial charge in [-0.3, -0.25) is 4.72 Å². The second kappa shape index (κ2) is 7.23. The van der Waals surface area contributed by atoms with Crippen molar-refractivity contribution in [2.24, 2.45) is 0 Å². The van der Waals surface area contributed by atoms with E-state index in [0.717, 1.165) is 17.7 Å². The van der Waals surface area contributed by atoms with Crippen LogP contribution < -0.4 is 10.0 Å². The van der Waals surface area contributed by atoms with Gasteiger partial charge in [-0.25, -0.2) is 8.42 Å². The molecule has 5 heteroatoms. The Kier molecular flexibility index (Phi) is 4.87. The number of nitrogens with one attached hydrogen (secondary N) is 2. The Morgan fingerprint density at radius 2 is 1.62 bits per heavy atom. The third-order valence-electron chi connectivity index (χ3n) is 5.67. The van der Waals surface area contributed by atoms with Gasteiger partial charge in [-0.2, -0.15) is 0 Å². The van der Waals surface area contributed by atoms with Gasteiger partial charge in [0.15, 0.2) is 0 Å². The van der Waals surface area contributed by atoms with Crippen molar-refractivity contribution >= 4 is 21.4 Å². The molecular formula is C24H26N2O2S. The van der Waals surface area contributed by atoms with Crippen molar-refractivity contribution in [3.63, 3.8) is 0 Å². The Morgan fingerprint density at radius 3 is 2.38 bits per heavy atom. The highest BCUT2D eigenvalue weighted by Gasteiger charge is 2.35. The molecule has 4 nitrogen and oxygen atoms in total. The summed E-state index contributed by atoms with van der Waals surface area (Å²) < 4.78 is 28.6. The summed E-state index contributed by atoms with van der Waals surface area (Å²) in [4.78, 5) is 0.257. The lowest BCUT2D eigenvalue weighted by Crippen LogP contribution is -2.32. The number of hydrogen-bond acceptors (Lipinski definition) is 3. The van der Waals surface area contributed by atoms with Gasteiger partial charge in [-0.05, 0) is 53.6 Å². The molecule has 0 bridgehead atoms. The summed E-state index contributed by atoms with van der Waals surface area (Å²) >= 11 is 0. The van der Waals surface area contributed by atoms with Crippen LogP contribution in [-0.2, 0) is 15.4 Å². The van der Waals surface area contributed by atoms with Crippen LogP contribution in [0.3, 0.4) is 0 Å². The molecule has 3 aromatic rings. The second-order valence-electron chi connectivity index (χ2n) is 8.29. The Balaban J connectivity index is 1.72. The van der Waals surface area contributed by atoms with Crippen molar-refractivity contribution in [2.75, 3.05) is 10.0 Å². The van der Waals surface area contributed by atoms with E-state index < -0.39 is 10.0 Å². The first kappa shape index (κ1) is 19.5. The molecule has 1 atom stereocenters. The first-order valence-electron chi connectivity index (χ1n) is 9.81. The predicted octanol–water partition coefficient (Wildman–Crippen LogP) is 5.63. The van der Waals surface area contributed by atoms with Gasteiger partial charge < -0.3 is 5.32 Å². The standard InChI is InChI=1S/C24H26N2O2S/c1-17-10-9-14-20-23(17)25-22(16-24(20,2)3)19-13-7-8-15-21(19)26-29(27,28)18-11-5-4-6-12-18/h4-15,22,25-26H,16H2,1-3H3. The van der Waals surface area contributed by atoms with Crippen LogP contribution in [0, 0.1) is 6.92 Å². The number of sulfonamides is 1. The molecule has 0 aliphatic carbocycles. The quantitative estimate of drug-likeness (QED) is 0.590. The summed E-state index contributed by atoms with van der Waals surface area (Å²) in [6, 6.07) is 22.5. The van der Waals surface area contributed by atoms with E-state index >= 15 is 0 Å². The van der Waals surface area contributed by atoms with Gasteiger partial charge in [0.05, 0.1) is 16.6 Å². The van der Waals surface area contributed by atoms with Gasteiger partial charge in [0.2, 0.25) is 0 Å². The Bertz CT molecular complexity index is 1140. The molecular weight excluding hydrogens is 380 g/mol. The fourth-order valence-corrected chi connectivity index (χ4v) is 5.26. The minimum Gasteiger partial charge on any atom is -0.378 e. The topological polar surface area (TPSA) is 58.2 Å². The maximum Gasteiger partial charge on any atom is 0.261 e. The summed E-state index contributed by atoms with van der Waals surface area (Å²) in [5.74, 6) is 0. The van der Waals surface area contributed by atoms with Crippen molar-refractivity contribution in [3.8, 4) is 0 Å². The Morgan fingerprint density at radius 1 is 0.931 bits per heavy atom. The summed E-state index contributed by atoms with van der Waals surface area (Å²) in [5, 5.41) is 3.67. The minimum absolute atomic E-state index is 0.00766. The van der Waals surface area contributed by atoms with Crippen LogP contribution in [0.25, 0.3) is 0 Å². The number of anilines is 2. The Hall–Kier alpha value is -2.79. The van der Waals surface area contributed by atoms with E-state index in [9.17, 15) is 8.42 Å². The molecule has 1 aliphatic rings. The van der Waals surface area contributed by atoms with E-state index in [1.807, 2.05) is 24.3 Å². The fourth-order valence-electron chi connectivity index (χ4n) is 4.15. The number of hydrogen-bond donors (Lipinski definition) is 2. The Labute approximate surface area is 173 Å². The molecule has 1 heterocycles. The molecule has 0 fully saturated rings. The first-order valence-corrected chi connectivity index (χ1v) is 11.3. The molecule has 150 valence electrons. The lowest BCUT2D eigenvalue weighted by molar-refractivity contribution is 0.427. The second-order valence-corrected chi connectivity index (χ2v) is 9.97. The van der Waals surface area contributed by atoms with Crippen LogP contribution >= 0.6 is 0 Å². The van der Waals surface area contributed by atoms with Gasteiger partial charge >= 0.3 is 0 Å². The molecule has 4 rings (SSSR count). The van der Waals surface area contributed by atoms with Crippen molar-refractivity contribution in [1.82, 2.24) is 0 Å². The van der Waals surface area contributed by atoms with E-state index in [-0.39, 0.29) is 16.4 Å². The molecule has 0 saturated heterocycles. The largest absolute Gasteiger partial charge is 0.378 e. The summed E-state index contributed by atoms with van der Waals surface area (Å²) in [5.41, 5.74) is 5.19. The number of aryl methyl sites for hydroxylation is 1. The molecule has 0 aromatic heterocycles. The normalized spacial score (nSPS) is 17.8. The highest BCUT2D eigenvalue weighted by Crippen LogP contribution is 2.46. The maximum absolute atomic E-state index is 12.9. The third kappa shape index (κ3) is 3.75. The van der Waals surface area contributed by atoms with Gasteiger partial charge in [0, 0.05) is 5.69 Å². The highest BCUT2D eigenvalue weighted by molar-refractivity contribution is 7.92. The van der Waals surface area contributed by atoms with Gasteiger partial charge in [0.1, 0.15) is 0 Å². The van der Waals surface area contributed by atoms with Crippen LogP contribution in [0.5, 0.6) is 0 Å². The van der Waals surface area contributed by atoms with Gasteiger partial charge in [0.25, 0.3) is 10.0 Å². The first-order chi connectivity index (χ1) is 13.8. The van der Waals surface area contributed by atoms with Crippen LogP contribution in [-0.4, -0.2) is 8.42 Å². The molecule has 0 saturated carbocycles. The lowest BCUT2D eigenvalue weighted by Gasteiger charge is -2.40. The smallest absolute Gasteiger partial charge is 0.261 e. The van der Waals surface area contributed by atoms with E-state index in [1.165, 1.54) is 11.1 Å². The van der Waals surface area contributed by atoms with E-state index in [0.29, 0.717) is 5.69 Å². The van der Waals surface area contributed by atoms with E-state index in [2.05, 4.69) is 49.0 Å². The molecule has 1 aliphatic heterocycles. The molecule has 29 heavy (non-hydrogen) atoms. The van der Waals surface area contributed by atoms with Crippen LogP contribution in [0.4, 0.5) is 11.4 Å². The summed E-state index contributed by atoms with van der Waals surface area (Å²) in [6.45, 7) is 6.60. The molecule has 0 spiro atoms. The van der Waals surface area contributed by atoms with E-state index in [4.69, 9.17) is 0 Å². The zero-order valence-corrected chi connectivity index (χ0v) is 17.8. The number of benzene rings is 3. The van der Waals surface area contributed by atoms with Crippen molar-refractivity contribution in [1.29, 1.82) is 0 Å².